The fourth-order valence-electron chi connectivity index (χ4n) is 2.64. The predicted molar refractivity (Wildman–Crippen MR) is 95.3 cm³/mol. The minimum Gasteiger partial charge on any atom is -0.351 e. The Kier molecular flexibility index (Phi) is 7.35. The lowest BCUT2D eigenvalue weighted by molar-refractivity contribution is 0.0957. The van der Waals surface area contributed by atoms with E-state index >= 15 is 0 Å². The van der Waals surface area contributed by atoms with Crippen LogP contribution in [-0.2, 0) is 12.8 Å². The van der Waals surface area contributed by atoms with E-state index in [4.69, 9.17) is 0 Å². The Morgan fingerprint density at radius 1 is 1.15 bits per heavy atom. The number of carbonyl (C=O) groups excluding carboxylic acids is 1. The summed E-state index contributed by atoms with van der Waals surface area (Å²) in [6, 6.07) is 2.14. The van der Waals surface area contributed by atoms with Crippen molar-refractivity contribution in [3.05, 3.63) is 21.4 Å². The molecule has 20 heavy (non-hydrogen) atoms. The Labute approximate surface area is 139 Å². The third-order valence-electron chi connectivity index (χ3n) is 3.82. The van der Waals surface area contributed by atoms with Gasteiger partial charge in [-0.25, -0.2) is 0 Å². The molecule has 1 aromatic heterocycles. The largest absolute Gasteiger partial charge is 0.351 e. The molecule has 2 rings (SSSR count). The highest BCUT2D eigenvalue weighted by Crippen LogP contribution is 2.28. The summed E-state index contributed by atoms with van der Waals surface area (Å²) in [5.74, 6) is 0.136. The van der Waals surface area contributed by atoms with Crippen molar-refractivity contribution in [3.63, 3.8) is 0 Å². The maximum absolute atomic E-state index is 12.1. The molecule has 112 valence electrons. The van der Waals surface area contributed by atoms with Gasteiger partial charge in [-0.15, -0.1) is 11.3 Å². The van der Waals surface area contributed by atoms with E-state index in [1.807, 2.05) is 0 Å². The van der Waals surface area contributed by atoms with Gasteiger partial charge in [0.25, 0.3) is 5.91 Å². The second-order valence-electron chi connectivity index (χ2n) is 5.48. The molecule has 1 heterocycles. The molecule has 4 heteroatoms. The minimum atomic E-state index is 0.136. The van der Waals surface area contributed by atoms with Gasteiger partial charge in [-0.3, -0.25) is 4.79 Å². The summed E-state index contributed by atoms with van der Waals surface area (Å²) in [5, 5.41) is 3.07. The van der Waals surface area contributed by atoms with Gasteiger partial charge in [0.15, 0.2) is 0 Å². The molecule has 0 bridgehead atoms. The number of rotatable bonds is 7. The van der Waals surface area contributed by atoms with Gasteiger partial charge in [0.1, 0.15) is 0 Å². The number of nitrogens with one attached hydrogen (secondary N) is 1. The van der Waals surface area contributed by atoms with Crippen LogP contribution in [0.25, 0.3) is 0 Å². The summed E-state index contributed by atoms with van der Waals surface area (Å²) in [6.45, 7) is 0.822. The lowest BCUT2D eigenvalue weighted by Gasteiger charge is -2.03. The van der Waals surface area contributed by atoms with Crippen LogP contribution in [0, 0.1) is 0 Å². The molecule has 0 atom stereocenters. The van der Waals surface area contributed by atoms with Crippen molar-refractivity contribution in [3.8, 4) is 0 Å². The number of unbranched alkanes of at least 4 members (excludes halogenated alkanes) is 3. The quantitative estimate of drug-likeness (QED) is 0.302. The molecule has 0 saturated carbocycles. The highest BCUT2D eigenvalue weighted by molar-refractivity contribution is 14.1. The van der Waals surface area contributed by atoms with Crippen LogP contribution in [0.1, 0.15) is 65.1 Å². The maximum Gasteiger partial charge on any atom is 0.261 e. The second kappa shape index (κ2) is 9.03. The molecule has 1 N–H and O–H groups in total. The van der Waals surface area contributed by atoms with E-state index in [0.717, 1.165) is 24.3 Å². The topological polar surface area (TPSA) is 29.1 Å². The molecule has 1 aliphatic rings. The van der Waals surface area contributed by atoms with Crippen molar-refractivity contribution in [1.82, 2.24) is 5.32 Å². The van der Waals surface area contributed by atoms with Crippen LogP contribution in [0.4, 0.5) is 0 Å². The third kappa shape index (κ3) is 5.02. The van der Waals surface area contributed by atoms with Crippen LogP contribution in [-0.4, -0.2) is 16.9 Å². The van der Waals surface area contributed by atoms with Crippen LogP contribution in [0.5, 0.6) is 0 Å². The number of fused-ring (bicyclic) bond motifs is 1. The summed E-state index contributed by atoms with van der Waals surface area (Å²) in [5.41, 5.74) is 1.43. The van der Waals surface area contributed by atoms with E-state index in [1.54, 1.807) is 11.3 Å². The van der Waals surface area contributed by atoms with E-state index in [1.165, 1.54) is 59.8 Å². The van der Waals surface area contributed by atoms with Gasteiger partial charge in [-0.2, -0.15) is 0 Å². The lowest BCUT2D eigenvalue weighted by atomic mass is 10.1. The van der Waals surface area contributed by atoms with Crippen molar-refractivity contribution in [2.24, 2.45) is 0 Å². The third-order valence-corrected chi connectivity index (χ3v) is 5.82. The summed E-state index contributed by atoms with van der Waals surface area (Å²) in [4.78, 5) is 14.5. The van der Waals surface area contributed by atoms with E-state index in [9.17, 15) is 4.79 Å². The number of aryl methyl sites for hydroxylation is 2. The average Bonchev–Trinajstić information content (AvgIpc) is 2.74. The number of thiophene rings is 1. The van der Waals surface area contributed by atoms with Gasteiger partial charge in [0.2, 0.25) is 0 Å². The number of hydrogen-bond acceptors (Lipinski definition) is 2. The molecule has 0 aromatic carbocycles. The first kappa shape index (κ1) is 16.3. The number of carbonyl (C=O) groups is 1. The first-order chi connectivity index (χ1) is 9.81. The minimum absolute atomic E-state index is 0.136. The zero-order valence-electron chi connectivity index (χ0n) is 12.0. The fraction of sp³-hybridized carbons (Fsp3) is 0.688. The Hall–Kier alpha value is -0.100. The van der Waals surface area contributed by atoms with Crippen LogP contribution >= 0.6 is 33.9 Å². The summed E-state index contributed by atoms with van der Waals surface area (Å²) in [7, 11) is 0. The van der Waals surface area contributed by atoms with E-state index < -0.39 is 0 Å². The highest BCUT2D eigenvalue weighted by Gasteiger charge is 2.15. The molecule has 0 spiro atoms. The number of hydrogen-bond donors (Lipinski definition) is 1. The van der Waals surface area contributed by atoms with Crippen LogP contribution < -0.4 is 5.32 Å². The molecule has 1 aromatic rings. The lowest BCUT2D eigenvalue weighted by Crippen LogP contribution is -2.23. The van der Waals surface area contributed by atoms with Gasteiger partial charge in [-0.05, 0) is 54.6 Å². The standard InChI is InChI=1S/C16H24INOS/c17-10-6-1-2-7-11-18-16(19)15-12-13-8-4-3-5-9-14(13)20-15/h12H,1-11H2,(H,18,19). The zero-order valence-corrected chi connectivity index (χ0v) is 15.0. The monoisotopic (exact) mass is 405 g/mol. The molecule has 0 saturated heterocycles. The first-order valence-electron chi connectivity index (χ1n) is 7.77. The smallest absolute Gasteiger partial charge is 0.261 e. The van der Waals surface area contributed by atoms with Gasteiger partial charge < -0.3 is 5.32 Å². The molecular weight excluding hydrogens is 381 g/mol. The van der Waals surface area contributed by atoms with Gasteiger partial charge in [-0.1, -0.05) is 41.9 Å². The van der Waals surface area contributed by atoms with Gasteiger partial charge >= 0.3 is 0 Å². The Morgan fingerprint density at radius 3 is 2.80 bits per heavy atom. The molecule has 0 radical (unpaired) electrons. The van der Waals surface area contributed by atoms with Gasteiger partial charge in [0.05, 0.1) is 4.88 Å². The van der Waals surface area contributed by atoms with Crippen LogP contribution in [0.2, 0.25) is 0 Å². The van der Waals surface area contributed by atoms with Gasteiger partial charge in [0, 0.05) is 11.4 Å². The summed E-state index contributed by atoms with van der Waals surface area (Å²) >= 11 is 4.13. The number of amides is 1. The van der Waals surface area contributed by atoms with Crippen LogP contribution in [0.15, 0.2) is 6.07 Å². The summed E-state index contributed by atoms with van der Waals surface area (Å²) < 4.78 is 1.24. The van der Waals surface area contributed by atoms with E-state index in [0.29, 0.717) is 0 Å². The Bertz CT molecular complexity index is 407. The molecular formula is C16H24INOS. The van der Waals surface area contributed by atoms with E-state index in [-0.39, 0.29) is 5.91 Å². The Morgan fingerprint density at radius 2 is 1.95 bits per heavy atom. The average molecular weight is 405 g/mol. The predicted octanol–water partition coefficient (Wildman–Crippen LogP) is 4.74. The van der Waals surface area contributed by atoms with Crippen molar-refractivity contribution in [2.75, 3.05) is 11.0 Å². The first-order valence-corrected chi connectivity index (χ1v) is 10.1. The highest BCUT2D eigenvalue weighted by atomic mass is 127. The zero-order chi connectivity index (χ0) is 14.2. The molecule has 2 nitrogen and oxygen atoms in total. The fourth-order valence-corrected chi connectivity index (χ4v) is 4.35. The molecule has 0 unspecified atom stereocenters. The SMILES string of the molecule is O=C(NCCCCCCI)c1cc2c(s1)CCCCC2. The number of alkyl halides is 1. The molecule has 0 aliphatic heterocycles. The molecule has 1 amide bonds. The second-order valence-corrected chi connectivity index (χ2v) is 7.69. The van der Waals surface area contributed by atoms with Crippen molar-refractivity contribution in [2.45, 2.75) is 57.8 Å². The molecule has 1 aliphatic carbocycles. The normalized spacial score (nSPS) is 14.7. The van der Waals surface area contributed by atoms with Crippen LogP contribution in [0.3, 0.4) is 0 Å². The number of halogens is 1. The van der Waals surface area contributed by atoms with Crippen molar-refractivity contribution >= 4 is 39.8 Å². The molecule has 0 fully saturated rings. The Balaban J connectivity index is 1.75. The van der Waals surface area contributed by atoms with E-state index in [2.05, 4.69) is 34.0 Å². The van der Waals surface area contributed by atoms with Crippen molar-refractivity contribution < 1.29 is 4.79 Å². The maximum atomic E-state index is 12.1. The van der Waals surface area contributed by atoms with Crippen molar-refractivity contribution in [1.29, 1.82) is 0 Å². The summed E-state index contributed by atoms with van der Waals surface area (Å²) in [6.07, 6.45) is 11.1.